The molecule has 90 valence electrons. The van der Waals surface area contributed by atoms with Gasteiger partial charge in [-0.15, -0.1) is 12.1 Å². The topological polar surface area (TPSA) is 41.8 Å². The van der Waals surface area contributed by atoms with Crippen molar-refractivity contribution in [3.05, 3.63) is 0 Å². The summed E-state index contributed by atoms with van der Waals surface area (Å²) < 4.78 is 65.1. The molecular weight excluding hydrogens is 259 g/mol. The van der Waals surface area contributed by atoms with Crippen LogP contribution in [0.15, 0.2) is 8.39 Å². The quantitative estimate of drug-likeness (QED) is 0.532. The van der Waals surface area contributed by atoms with Crippen molar-refractivity contribution in [2.75, 3.05) is 0 Å². The number of carbonyl (C=O) groups is 1. The number of halogens is 5. The third-order valence-electron chi connectivity index (χ3n) is 0.819. The SMILES string of the molecule is C[Si](C)(C)N=S(F)(F)=NC(=O)C(F)(F)F. The van der Waals surface area contributed by atoms with Gasteiger partial charge >= 0.3 is 12.1 Å². The Morgan fingerprint density at radius 1 is 1.20 bits per heavy atom. The van der Waals surface area contributed by atoms with Crippen LogP contribution in [-0.2, 0) is 15.2 Å². The first-order valence-electron chi connectivity index (χ1n) is 3.64. The molecule has 0 saturated heterocycles. The van der Waals surface area contributed by atoms with Gasteiger partial charge in [-0.25, -0.2) is 4.03 Å². The van der Waals surface area contributed by atoms with Crippen molar-refractivity contribution < 1.29 is 25.7 Å². The summed E-state index contributed by atoms with van der Waals surface area (Å²) in [6.45, 7) is 4.21. The first kappa shape index (κ1) is 14.5. The Kier molecular flexibility index (Phi) is 4.02. The van der Waals surface area contributed by atoms with Gasteiger partial charge in [0.15, 0.2) is 8.24 Å². The molecule has 0 heterocycles. The van der Waals surface area contributed by atoms with E-state index in [1.54, 1.807) is 0 Å². The van der Waals surface area contributed by atoms with E-state index in [0.717, 1.165) is 0 Å². The van der Waals surface area contributed by atoms with Gasteiger partial charge < -0.3 is 0 Å². The Balaban J connectivity index is 5.32. The molecule has 0 unspecified atom stereocenters. The normalized spacial score (nSPS) is 13.6. The summed E-state index contributed by atoms with van der Waals surface area (Å²) in [5, 5.41) is 0. The Morgan fingerprint density at radius 2 is 1.60 bits per heavy atom. The van der Waals surface area contributed by atoms with Crippen molar-refractivity contribution >= 4 is 24.5 Å². The van der Waals surface area contributed by atoms with Crippen LogP contribution in [0.25, 0.3) is 0 Å². The van der Waals surface area contributed by atoms with Crippen LogP contribution >= 0.6 is 0 Å². The molecule has 0 saturated carbocycles. The van der Waals surface area contributed by atoms with Crippen molar-refractivity contribution in [1.29, 1.82) is 0 Å². The number of amides is 1. The third kappa shape index (κ3) is 6.55. The Bertz CT molecular complexity index is 368. The number of alkyl halides is 3. The number of hydrogen-bond acceptors (Lipinski definition) is 2. The molecular formula is C5H9F5N2OSSi. The molecule has 0 spiro atoms. The van der Waals surface area contributed by atoms with Gasteiger partial charge in [-0.1, -0.05) is 0 Å². The highest BCUT2D eigenvalue weighted by Gasteiger charge is 2.40. The monoisotopic (exact) mass is 268 g/mol. The largest absolute Gasteiger partial charge is 0.474 e. The lowest BCUT2D eigenvalue weighted by atomic mass is 10.6. The smallest absolute Gasteiger partial charge is 0.261 e. The van der Waals surface area contributed by atoms with E-state index in [2.05, 4.69) is 4.03 Å². The highest BCUT2D eigenvalue weighted by atomic mass is 32.3. The maximum Gasteiger partial charge on any atom is 0.474 e. The molecule has 0 aliphatic carbocycles. The van der Waals surface area contributed by atoms with Crippen LogP contribution < -0.4 is 0 Å². The first-order valence-corrected chi connectivity index (χ1v) is 8.44. The molecule has 0 aromatic carbocycles. The van der Waals surface area contributed by atoms with E-state index in [-0.39, 0.29) is 0 Å². The lowest BCUT2D eigenvalue weighted by Gasteiger charge is -2.08. The summed E-state index contributed by atoms with van der Waals surface area (Å²) in [6, 6.07) is 0. The molecule has 10 heteroatoms. The van der Waals surface area contributed by atoms with Crippen LogP contribution in [0.5, 0.6) is 0 Å². The highest BCUT2D eigenvalue weighted by molar-refractivity contribution is 7.87. The van der Waals surface area contributed by atoms with Crippen molar-refractivity contribution in [3.8, 4) is 0 Å². The molecule has 0 bridgehead atoms. The van der Waals surface area contributed by atoms with Gasteiger partial charge in [0.25, 0.3) is 10.4 Å². The molecule has 0 aromatic rings. The van der Waals surface area contributed by atoms with Crippen LogP contribution in [0, 0.1) is 0 Å². The van der Waals surface area contributed by atoms with E-state index in [4.69, 9.17) is 0 Å². The van der Waals surface area contributed by atoms with E-state index >= 15 is 0 Å². The third-order valence-corrected chi connectivity index (χ3v) is 4.27. The molecule has 15 heavy (non-hydrogen) atoms. The summed E-state index contributed by atoms with van der Waals surface area (Å²) in [4.78, 5) is 10.2. The maximum atomic E-state index is 12.8. The molecule has 0 atom stereocenters. The fourth-order valence-corrected chi connectivity index (χ4v) is 3.60. The Labute approximate surface area is 85.2 Å². The summed E-state index contributed by atoms with van der Waals surface area (Å²) in [5.74, 6) is -2.79. The summed E-state index contributed by atoms with van der Waals surface area (Å²) >= 11 is 0. The van der Waals surface area contributed by atoms with Gasteiger partial charge in [0, 0.05) is 0 Å². The van der Waals surface area contributed by atoms with Crippen molar-refractivity contribution in [2.45, 2.75) is 25.8 Å². The Morgan fingerprint density at radius 3 is 1.87 bits per heavy atom. The maximum absolute atomic E-state index is 12.8. The van der Waals surface area contributed by atoms with Crippen molar-refractivity contribution in [1.82, 2.24) is 0 Å². The van der Waals surface area contributed by atoms with Gasteiger partial charge in [0.2, 0.25) is 0 Å². The molecule has 1 amide bonds. The minimum atomic E-state index is -5.37. The van der Waals surface area contributed by atoms with Gasteiger partial charge in [-0.2, -0.15) is 13.2 Å². The van der Waals surface area contributed by atoms with Gasteiger partial charge in [0.05, 0.1) is 0 Å². The van der Waals surface area contributed by atoms with Gasteiger partial charge in [-0.05, 0) is 19.6 Å². The molecule has 0 aliphatic rings. The van der Waals surface area contributed by atoms with Crippen LogP contribution in [0.4, 0.5) is 20.9 Å². The van der Waals surface area contributed by atoms with Crippen molar-refractivity contribution in [3.63, 3.8) is 0 Å². The molecule has 0 aliphatic heterocycles. The first-order chi connectivity index (χ1) is 6.33. The second-order valence-corrected chi connectivity index (χ2v) is 9.66. The molecule has 3 nitrogen and oxygen atoms in total. The van der Waals surface area contributed by atoms with Crippen LogP contribution in [0.2, 0.25) is 19.6 Å². The second kappa shape index (κ2) is 4.16. The predicted molar refractivity (Wildman–Crippen MR) is 48.8 cm³/mol. The lowest BCUT2D eigenvalue weighted by molar-refractivity contribution is -0.169. The average Bonchev–Trinajstić information content (AvgIpc) is 1.76. The number of nitrogens with zero attached hydrogens (tertiary/aromatic N) is 2. The predicted octanol–water partition coefficient (Wildman–Crippen LogP) is 3.20. The van der Waals surface area contributed by atoms with E-state index < -0.39 is 30.7 Å². The molecule has 0 N–H and O–H groups in total. The number of hydrogen-bond donors (Lipinski definition) is 0. The molecule has 0 rings (SSSR count). The standard InChI is InChI=1S/C5H9F5N2OSSi/c1-15(2,3)12-14(9,10)11-4(13)5(6,7)8/h1-3H3. The number of carbonyl (C=O) groups excluding carboxylic acids is 1. The van der Waals surface area contributed by atoms with E-state index in [9.17, 15) is 25.7 Å². The fourth-order valence-electron chi connectivity index (χ4n) is 0.501. The minimum Gasteiger partial charge on any atom is -0.261 e. The zero-order valence-corrected chi connectivity index (χ0v) is 9.92. The van der Waals surface area contributed by atoms with Crippen LogP contribution in [0.3, 0.4) is 0 Å². The molecule has 0 radical (unpaired) electrons. The van der Waals surface area contributed by atoms with Crippen molar-refractivity contribution in [2.24, 2.45) is 8.39 Å². The number of rotatable bonds is 1. The van der Waals surface area contributed by atoms with Crippen LogP contribution in [0.1, 0.15) is 0 Å². The zero-order valence-electron chi connectivity index (χ0n) is 8.10. The average molecular weight is 268 g/mol. The van der Waals surface area contributed by atoms with E-state index in [0.29, 0.717) is 0 Å². The fraction of sp³-hybridized carbons (Fsp3) is 0.800. The Hall–Kier alpha value is -0.513. The molecule has 0 fully saturated rings. The van der Waals surface area contributed by atoms with E-state index in [1.807, 2.05) is 4.36 Å². The van der Waals surface area contributed by atoms with Gasteiger partial charge in [-0.3, -0.25) is 4.79 Å². The lowest BCUT2D eigenvalue weighted by Crippen LogP contribution is -2.22. The highest BCUT2D eigenvalue weighted by Crippen LogP contribution is 2.20. The van der Waals surface area contributed by atoms with Crippen LogP contribution in [-0.4, -0.2) is 20.3 Å². The van der Waals surface area contributed by atoms with E-state index in [1.165, 1.54) is 19.6 Å². The molecule has 0 aromatic heterocycles. The van der Waals surface area contributed by atoms with Gasteiger partial charge in [0.1, 0.15) is 0 Å². The summed E-state index contributed by atoms with van der Waals surface area (Å²) in [5.41, 5.74) is 0. The second-order valence-electron chi connectivity index (χ2n) is 3.57. The zero-order chi connectivity index (χ0) is 12.5. The minimum absolute atomic E-state index is 1.40. The summed E-state index contributed by atoms with van der Waals surface area (Å²) in [6.07, 6.45) is -5.37. The summed E-state index contributed by atoms with van der Waals surface area (Å²) in [7, 11) is -7.80.